The van der Waals surface area contributed by atoms with Crippen molar-refractivity contribution >= 4 is 27.6 Å². The van der Waals surface area contributed by atoms with Gasteiger partial charge < -0.3 is 10.6 Å². The lowest BCUT2D eigenvalue weighted by Crippen LogP contribution is -2.41. The van der Waals surface area contributed by atoms with Gasteiger partial charge in [0.15, 0.2) is 0 Å². The quantitative estimate of drug-likeness (QED) is 0.880. The van der Waals surface area contributed by atoms with Crippen molar-refractivity contribution in [2.75, 3.05) is 5.32 Å². The largest absolute Gasteiger partial charge is 0.335 e. The summed E-state index contributed by atoms with van der Waals surface area (Å²) in [5.41, 5.74) is 1.22. The number of nitrogens with zero attached hydrogens (tertiary/aromatic N) is 1. The van der Waals surface area contributed by atoms with Crippen molar-refractivity contribution in [1.82, 2.24) is 5.32 Å². The van der Waals surface area contributed by atoms with E-state index in [1.54, 1.807) is 18.2 Å². The van der Waals surface area contributed by atoms with E-state index in [0.717, 1.165) is 12.8 Å². The number of nitrogens with one attached hydrogen (secondary N) is 2. The Morgan fingerprint density at radius 2 is 2.24 bits per heavy atom. The first kappa shape index (κ1) is 11.9. The molecule has 88 valence electrons. The molecule has 0 aromatic heterocycles. The van der Waals surface area contributed by atoms with Crippen LogP contribution in [0.1, 0.15) is 24.8 Å². The van der Waals surface area contributed by atoms with Gasteiger partial charge >= 0.3 is 6.03 Å². The molecular weight excluding hydrogens is 282 g/mol. The van der Waals surface area contributed by atoms with Gasteiger partial charge in [0, 0.05) is 16.2 Å². The molecule has 1 aliphatic rings. The van der Waals surface area contributed by atoms with Crippen LogP contribution in [-0.2, 0) is 0 Å². The second-order valence-corrected chi connectivity index (χ2v) is 4.89. The Bertz CT molecular complexity index is 477. The highest BCUT2D eigenvalue weighted by Crippen LogP contribution is 2.21. The van der Waals surface area contributed by atoms with E-state index in [-0.39, 0.29) is 6.03 Å². The van der Waals surface area contributed by atoms with Crippen molar-refractivity contribution in [3.8, 4) is 6.07 Å². The molecule has 1 aliphatic carbocycles. The van der Waals surface area contributed by atoms with E-state index < -0.39 is 0 Å². The zero-order valence-corrected chi connectivity index (χ0v) is 10.8. The van der Waals surface area contributed by atoms with E-state index in [9.17, 15) is 4.79 Å². The molecule has 0 aliphatic heterocycles. The fourth-order valence-corrected chi connectivity index (χ4v) is 2.06. The van der Waals surface area contributed by atoms with Crippen LogP contribution < -0.4 is 10.6 Å². The third kappa shape index (κ3) is 2.98. The summed E-state index contributed by atoms with van der Waals surface area (Å²) >= 11 is 3.28. The lowest BCUT2D eigenvalue weighted by molar-refractivity contribution is 0.240. The van der Waals surface area contributed by atoms with Crippen LogP contribution >= 0.6 is 15.9 Å². The van der Waals surface area contributed by atoms with Crippen LogP contribution in [0, 0.1) is 11.3 Å². The molecule has 1 aromatic carbocycles. The molecule has 2 amide bonds. The maximum atomic E-state index is 11.6. The topological polar surface area (TPSA) is 64.9 Å². The molecule has 4 nitrogen and oxygen atoms in total. The zero-order valence-electron chi connectivity index (χ0n) is 9.16. The van der Waals surface area contributed by atoms with Gasteiger partial charge in [-0.25, -0.2) is 4.79 Å². The molecule has 5 heteroatoms. The van der Waals surface area contributed by atoms with Crippen molar-refractivity contribution in [3.63, 3.8) is 0 Å². The van der Waals surface area contributed by atoms with E-state index in [1.165, 1.54) is 6.42 Å². The molecule has 1 saturated carbocycles. The molecule has 2 rings (SSSR count). The van der Waals surface area contributed by atoms with E-state index in [0.29, 0.717) is 21.8 Å². The number of rotatable bonds is 2. The predicted octanol–water partition coefficient (Wildman–Crippen LogP) is 2.99. The van der Waals surface area contributed by atoms with Gasteiger partial charge in [0.05, 0.1) is 5.56 Å². The maximum Gasteiger partial charge on any atom is 0.319 e. The summed E-state index contributed by atoms with van der Waals surface area (Å²) in [6.45, 7) is 0. The molecule has 2 N–H and O–H groups in total. The molecule has 1 aromatic rings. The van der Waals surface area contributed by atoms with Crippen LogP contribution in [0.4, 0.5) is 10.5 Å². The van der Waals surface area contributed by atoms with Gasteiger partial charge in [-0.05, 0) is 53.4 Å². The fraction of sp³-hybridized carbons (Fsp3) is 0.333. The summed E-state index contributed by atoms with van der Waals surface area (Å²) in [7, 11) is 0. The Morgan fingerprint density at radius 1 is 1.47 bits per heavy atom. The van der Waals surface area contributed by atoms with Crippen LogP contribution in [0.3, 0.4) is 0 Å². The van der Waals surface area contributed by atoms with Crippen molar-refractivity contribution in [3.05, 3.63) is 28.2 Å². The maximum absolute atomic E-state index is 11.6. The fourth-order valence-electron chi connectivity index (χ4n) is 1.59. The minimum Gasteiger partial charge on any atom is -0.335 e. The molecule has 0 heterocycles. The Morgan fingerprint density at radius 3 is 2.76 bits per heavy atom. The lowest BCUT2D eigenvalue weighted by Gasteiger charge is -2.26. The summed E-state index contributed by atoms with van der Waals surface area (Å²) in [5.74, 6) is 0. The molecule has 0 saturated heterocycles. The number of halogens is 1. The number of nitriles is 1. The van der Waals surface area contributed by atoms with Gasteiger partial charge in [-0.1, -0.05) is 0 Å². The first-order chi connectivity index (χ1) is 8.19. The van der Waals surface area contributed by atoms with E-state index >= 15 is 0 Å². The van der Waals surface area contributed by atoms with Crippen molar-refractivity contribution in [1.29, 1.82) is 5.26 Å². The Hall–Kier alpha value is -1.54. The number of urea groups is 1. The molecule has 17 heavy (non-hydrogen) atoms. The van der Waals surface area contributed by atoms with Crippen LogP contribution in [-0.4, -0.2) is 12.1 Å². The molecular formula is C12H12BrN3O. The highest BCUT2D eigenvalue weighted by molar-refractivity contribution is 9.10. The summed E-state index contributed by atoms with van der Waals surface area (Å²) in [5, 5.41) is 14.4. The number of benzene rings is 1. The van der Waals surface area contributed by atoms with Gasteiger partial charge in [0.1, 0.15) is 6.07 Å². The van der Waals surface area contributed by atoms with Crippen molar-refractivity contribution in [2.45, 2.75) is 25.3 Å². The smallest absolute Gasteiger partial charge is 0.319 e. The first-order valence-electron chi connectivity index (χ1n) is 5.46. The van der Waals surface area contributed by atoms with E-state index in [4.69, 9.17) is 5.26 Å². The predicted molar refractivity (Wildman–Crippen MR) is 68.7 cm³/mol. The van der Waals surface area contributed by atoms with Gasteiger partial charge in [0.2, 0.25) is 0 Å². The number of hydrogen-bond acceptors (Lipinski definition) is 2. The second-order valence-electron chi connectivity index (χ2n) is 4.03. The SMILES string of the molecule is N#Cc1ccc(NC(=O)NC2CCC2)cc1Br. The highest BCUT2D eigenvalue weighted by Gasteiger charge is 2.19. The van der Waals surface area contributed by atoms with Crippen LogP contribution in [0.5, 0.6) is 0 Å². The van der Waals surface area contributed by atoms with Crippen molar-refractivity contribution in [2.24, 2.45) is 0 Å². The minimum atomic E-state index is -0.189. The monoisotopic (exact) mass is 293 g/mol. The summed E-state index contributed by atoms with van der Waals surface area (Å²) in [4.78, 5) is 11.6. The number of anilines is 1. The molecule has 0 atom stereocenters. The Balaban J connectivity index is 1.96. The Labute approximate surface area is 108 Å². The molecule has 0 radical (unpaired) electrons. The normalized spacial score (nSPS) is 14.6. The lowest BCUT2D eigenvalue weighted by atomic mass is 9.93. The van der Waals surface area contributed by atoms with E-state index in [1.807, 2.05) is 0 Å². The highest BCUT2D eigenvalue weighted by atomic mass is 79.9. The first-order valence-corrected chi connectivity index (χ1v) is 6.25. The molecule has 1 fully saturated rings. The molecule has 0 spiro atoms. The second kappa shape index (κ2) is 5.19. The zero-order chi connectivity index (χ0) is 12.3. The van der Waals surface area contributed by atoms with Crippen molar-refractivity contribution < 1.29 is 4.79 Å². The van der Waals surface area contributed by atoms with Crippen LogP contribution in [0.15, 0.2) is 22.7 Å². The standard InChI is InChI=1S/C12H12BrN3O/c13-11-6-10(5-4-8(11)7-14)16-12(17)15-9-2-1-3-9/h4-6,9H,1-3H2,(H2,15,16,17). The number of carbonyl (C=O) groups is 1. The summed E-state index contributed by atoms with van der Waals surface area (Å²) < 4.78 is 0.682. The van der Waals surface area contributed by atoms with Crippen LogP contribution in [0.2, 0.25) is 0 Å². The number of amides is 2. The summed E-state index contributed by atoms with van der Waals surface area (Å²) in [6.07, 6.45) is 3.31. The number of carbonyl (C=O) groups excluding carboxylic acids is 1. The average molecular weight is 294 g/mol. The van der Waals surface area contributed by atoms with Gasteiger partial charge in [-0.2, -0.15) is 5.26 Å². The number of hydrogen-bond donors (Lipinski definition) is 2. The molecule has 0 bridgehead atoms. The molecule has 0 unspecified atom stereocenters. The van der Waals surface area contributed by atoms with Gasteiger partial charge in [-0.15, -0.1) is 0 Å². The average Bonchev–Trinajstić information content (AvgIpc) is 2.24. The third-order valence-corrected chi connectivity index (χ3v) is 3.44. The van der Waals surface area contributed by atoms with Gasteiger partial charge in [-0.3, -0.25) is 0 Å². The third-order valence-electron chi connectivity index (χ3n) is 2.79. The minimum absolute atomic E-state index is 0.189. The van der Waals surface area contributed by atoms with Gasteiger partial charge in [0.25, 0.3) is 0 Å². The van der Waals surface area contributed by atoms with E-state index in [2.05, 4.69) is 32.6 Å². The Kier molecular flexibility index (Phi) is 3.64. The van der Waals surface area contributed by atoms with Crippen LogP contribution in [0.25, 0.3) is 0 Å². The summed E-state index contributed by atoms with van der Waals surface area (Å²) in [6, 6.07) is 7.28.